The molecule has 0 saturated heterocycles. The molecule has 0 amide bonds. The van der Waals surface area contributed by atoms with Crippen LogP contribution in [0.2, 0.25) is 5.15 Å². The molecule has 0 atom stereocenters. The first-order valence-corrected chi connectivity index (χ1v) is 3.42. The number of fused-ring (bicyclic) bond motifs is 1. The van der Waals surface area contributed by atoms with Gasteiger partial charge < -0.3 is 0 Å². The molecule has 0 bridgehead atoms. The Labute approximate surface area is 68.3 Å². The van der Waals surface area contributed by atoms with E-state index in [-0.39, 0.29) is 0 Å². The Hall–Kier alpha value is -1.16. The van der Waals surface area contributed by atoms with Gasteiger partial charge in [-0.2, -0.15) is 0 Å². The van der Waals surface area contributed by atoms with E-state index in [1.165, 1.54) is 6.33 Å². The maximum atomic E-state index is 5.72. The lowest BCUT2D eigenvalue weighted by atomic mass is 10.5. The zero-order valence-corrected chi connectivity index (χ0v) is 6.50. The van der Waals surface area contributed by atoms with Crippen LogP contribution in [-0.4, -0.2) is 15.8 Å². The van der Waals surface area contributed by atoms with Gasteiger partial charge in [0.05, 0.1) is 0 Å². The average molecular weight is 168 g/mol. The van der Waals surface area contributed by atoms with Crippen molar-refractivity contribution in [2.45, 2.75) is 6.92 Å². The minimum Gasteiger partial charge on any atom is -0.227 e. The lowest BCUT2D eigenvalue weighted by Crippen LogP contribution is -2.00. The Bertz CT molecular complexity index is 333. The molecule has 4 nitrogen and oxygen atoms in total. The first-order chi connectivity index (χ1) is 5.27. The summed E-state index contributed by atoms with van der Waals surface area (Å²) in [6.45, 7) is 1.79. The van der Waals surface area contributed by atoms with E-state index in [4.69, 9.17) is 11.6 Å². The highest BCUT2D eigenvalue weighted by molar-refractivity contribution is 6.32. The predicted octanol–water partition coefficient (Wildman–Crippen LogP) is 1.43. The van der Waals surface area contributed by atoms with Crippen LogP contribution < -0.4 is 5.32 Å². The van der Waals surface area contributed by atoms with Gasteiger partial charge in [-0.3, -0.25) is 0 Å². The molecule has 0 aromatic carbocycles. The Morgan fingerprint density at radius 2 is 2.18 bits per heavy atom. The monoisotopic (exact) mass is 167 g/mol. The Morgan fingerprint density at radius 3 is 2.91 bits per heavy atom. The summed E-state index contributed by atoms with van der Waals surface area (Å²) in [6, 6.07) is 0. The normalized spacial score (nSPS) is 13.8. The molecule has 2 heterocycles. The van der Waals surface area contributed by atoms with Gasteiger partial charge in [-0.1, -0.05) is 11.6 Å². The van der Waals surface area contributed by atoms with E-state index in [1.54, 1.807) is 6.92 Å². The van der Waals surface area contributed by atoms with Crippen LogP contribution in [0.3, 0.4) is 0 Å². The molecule has 0 spiro atoms. The first-order valence-electron chi connectivity index (χ1n) is 3.05. The summed E-state index contributed by atoms with van der Waals surface area (Å²) in [5.74, 6) is 1.23. The third-order valence-corrected chi connectivity index (χ3v) is 1.58. The SMILES string of the molecule is CC1=Nc2c(Cl)ncnc2[N]1. The van der Waals surface area contributed by atoms with E-state index in [0.29, 0.717) is 22.5 Å². The minimum atomic E-state index is 0.357. The second-order valence-electron chi connectivity index (χ2n) is 2.11. The molecule has 5 heteroatoms. The van der Waals surface area contributed by atoms with Crippen LogP contribution >= 0.6 is 11.6 Å². The van der Waals surface area contributed by atoms with Crippen molar-refractivity contribution in [3.8, 4) is 0 Å². The van der Waals surface area contributed by atoms with Crippen LogP contribution in [-0.2, 0) is 0 Å². The van der Waals surface area contributed by atoms with Gasteiger partial charge in [-0.25, -0.2) is 20.3 Å². The lowest BCUT2D eigenvalue weighted by Gasteiger charge is -1.93. The highest BCUT2D eigenvalue weighted by atomic mass is 35.5. The number of rotatable bonds is 0. The smallest absolute Gasteiger partial charge is 0.184 e. The van der Waals surface area contributed by atoms with Crippen molar-refractivity contribution in [3.05, 3.63) is 11.5 Å². The van der Waals surface area contributed by atoms with Crippen molar-refractivity contribution in [1.82, 2.24) is 15.3 Å². The van der Waals surface area contributed by atoms with Crippen LogP contribution in [0.15, 0.2) is 11.3 Å². The molecule has 1 radical (unpaired) electrons. The molecule has 0 unspecified atom stereocenters. The lowest BCUT2D eigenvalue weighted by molar-refractivity contribution is 1.11. The summed E-state index contributed by atoms with van der Waals surface area (Å²) >= 11 is 5.72. The van der Waals surface area contributed by atoms with Crippen LogP contribution in [0.4, 0.5) is 11.5 Å². The quantitative estimate of drug-likeness (QED) is 0.549. The predicted molar refractivity (Wildman–Crippen MR) is 41.6 cm³/mol. The van der Waals surface area contributed by atoms with E-state index in [0.717, 1.165) is 0 Å². The highest BCUT2D eigenvalue weighted by Gasteiger charge is 2.16. The summed E-state index contributed by atoms with van der Waals surface area (Å²) in [4.78, 5) is 11.7. The summed E-state index contributed by atoms with van der Waals surface area (Å²) in [7, 11) is 0. The third kappa shape index (κ3) is 0.952. The largest absolute Gasteiger partial charge is 0.227 e. The third-order valence-electron chi connectivity index (χ3n) is 1.30. The summed E-state index contributed by atoms with van der Waals surface area (Å²) < 4.78 is 0. The summed E-state index contributed by atoms with van der Waals surface area (Å²) in [6.07, 6.45) is 1.37. The maximum Gasteiger partial charge on any atom is 0.184 e. The first kappa shape index (κ1) is 6.54. The molecule has 1 aliphatic heterocycles. The van der Waals surface area contributed by atoms with Crippen molar-refractivity contribution < 1.29 is 0 Å². The summed E-state index contributed by atoms with van der Waals surface area (Å²) in [5.41, 5.74) is 0.576. The van der Waals surface area contributed by atoms with Crippen LogP contribution in [0.5, 0.6) is 0 Å². The number of amidine groups is 1. The number of aromatic nitrogens is 2. The number of nitrogens with zero attached hydrogens (tertiary/aromatic N) is 4. The molecule has 1 aliphatic rings. The molecular formula is C6H4ClN4. The molecule has 0 aliphatic carbocycles. The standard InChI is InChI=1S/C6H4ClN4/c1-3-10-4-5(7)8-2-9-6(4)11-3/h2H,1H3. The van der Waals surface area contributed by atoms with Gasteiger partial charge in [0.2, 0.25) is 0 Å². The van der Waals surface area contributed by atoms with E-state index >= 15 is 0 Å². The minimum absolute atomic E-state index is 0.357. The average Bonchev–Trinajstić information content (AvgIpc) is 2.31. The van der Waals surface area contributed by atoms with Gasteiger partial charge in [0.15, 0.2) is 11.0 Å². The molecule has 1 aromatic heterocycles. The van der Waals surface area contributed by atoms with E-state index in [9.17, 15) is 0 Å². The van der Waals surface area contributed by atoms with E-state index < -0.39 is 0 Å². The number of hydrogen-bond donors (Lipinski definition) is 0. The van der Waals surface area contributed by atoms with E-state index in [2.05, 4.69) is 20.3 Å². The molecule has 11 heavy (non-hydrogen) atoms. The Balaban J connectivity index is 2.61. The Morgan fingerprint density at radius 1 is 1.36 bits per heavy atom. The fourth-order valence-corrected chi connectivity index (χ4v) is 1.04. The molecule has 2 rings (SSSR count). The second-order valence-corrected chi connectivity index (χ2v) is 2.47. The Kier molecular flexibility index (Phi) is 1.29. The zero-order chi connectivity index (χ0) is 7.84. The molecule has 55 valence electrons. The molecular weight excluding hydrogens is 164 g/mol. The topological polar surface area (TPSA) is 52.2 Å². The van der Waals surface area contributed by atoms with Gasteiger partial charge >= 0.3 is 0 Å². The van der Waals surface area contributed by atoms with Crippen LogP contribution in [0, 0.1) is 0 Å². The van der Waals surface area contributed by atoms with Crippen LogP contribution in [0.25, 0.3) is 0 Å². The molecule has 0 N–H and O–H groups in total. The highest BCUT2D eigenvalue weighted by Crippen LogP contribution is 2.33. The number of hydrogen-bond acceptors (Lipinski definition) is 3. The van der Waals surface area contributed by atoms with Crippen molar-refractivity contribution in [1.29, 1.82) is 0 Å². The van der Waals surface area contributed by atoms with Gasteiger partial charge in [-0.05, 0) is 6.92 Å². The molecule has 0 fully saturated rings. The van der Waals surface area contributed by atoms with Crippen molar-refractivity contribution in [2.24, 2.45) is 4.99 Å². The number of halogens is 1. The number of aliphatic imine (C=N–C) groups is 1. The van der Waals surface area contributed by atoms with Gasteiger partial charge in [0, 0.05) is 0 Å². The molecule has 0 saturated carbocycles. The van der Waals surface area contributed by atoms with E-state index in [1.807, 2.05) is 0 Å². The summed E-state index contributed by atoms with van der Waals surface area (Å²) in [5, 5.41) is 4.38. The second kappa shape index (κ2) is 2.17. The van der Waals surface area contributed by atoms with Gasteiger partial charge in [0.25, 0.3) is 0 Å². The van der Waals surface area contributed by atoms with Crippen molar-refractivity contribution in [2.75, 3.05) is 0 Å². The molecule has 1 aromatic rings. The fraction of sp³-hybridized carbons (Fsp3) is 0.167. The van der Waals surface area contributed by atoms with Crippen molar-refractivity contribution >= 4 is 28.9 Å². The fourth-order valence-electron chi connectivity index (χ4n) is 0.867. The van der Waals surface area contributed by atoms with Gasteiger partial charge in [0.1, 0.15) is 17.9 Å². The van der Waals surface area contributed by atoms with Crippen molar-refractivity contribution in [3.63, 3.8) is 0 Å². The van der Waals surface area contributed by atoms with Gasteiger partial charge in [-0.15, -0.1) is 0 Å². The van der Waals surface area contributed by atoms with Crippen LogP contribution in [0.1, 0.15) is 6.92 Å². The zero-order valence-electron chi connectivity index (χ0n) is 5.74. The maximum absolute atomic E-state index is 5.72.